The van der Waals surface area contributed by atoms with Gasteiger partial charge < -0.3 is 5.11 Å². The predicted molar refractivity (Wildman–Crippen MR) is 166 cm³/mol. The molecule has 1 aromatic heterocycles. The van der Waals surface area contributed by atoms with Crippen molar-refractivity contribution in [3.8, 4) is 0 Å². The van der Waals surface area contributed by atoms with E-state index >= 15 is 0 Å². The number of aromatic nitrogens is 1. The first kappa shape index (κ1) is 26.9. The van der Waals surface area contributed by atoms with Crippen molar-refractivity contribution in [2.24, 2.45) is 0 Å². The monoisotopic (exact) mass is 561 g/mol. The van der Waals surface area contributed by atoms with Crippen LogP contribution in [0, 0.1) is 5.82 Å². The fourth-order valence-electron chi connectivity index (χ4n) is 6.37. The minimum Gasteiger partial charge on any atom is -0.478 e. The van der Waals surface area contributed by atoms with Crippen molar-refractivity contribution in [1.82, 2.24) is 4.98 Å². The summed E-state index contributed by atoms with van der Waals surface area (Å²) in [7, 11) is 0. The van der Waals surface area contributed by atoms with Gasteiger partial charge in [-0.3, -0.25) is 4.98 Å². The summed E-state index contributed by atoms with van der Waals surface area (Å²) in [6, 6.07) is 31.4. The molecule has 3 nitrogen and oxygen atoms in total. The normalized spacial score (nSPS) is 15.8. The number of carboxylic acid groups (broad SMARTS) is 1. The van der Waals surface area contributed by atoms with Crippen molar-refractivity contribution >= 4 is 50.0 Å². The molecule has 41 heavy (non-hydrogen) atoms. The number of nitrogens with zero attached hydrogens (tertiary/aromatic N) is 1. The van der Waals surface area contributed by atoms with Gasteiger partial charge in [-0.15, -0.1) is 0 Å². The second kappa shape index (κ2) is 10.6. The molecule has 204 valence electrons. The van der Waals surface area contributed by atoms with E-state index in [1.54, 1.807) is 36.5 Å². The van der Waals surface area contributed by atoms with Gasteiger partial charge in [0.05, 0.1) is 16.1 Å². The second-order valence-corrected chi connectivity index (χ2v) is 11.8. The van der Waals surface area contributed by atoms with Gasteiger partial charge in [-0.1, -0.05) is 86.1 Å². The quantitative estimate of drug-likeness (QED) is 0.214. The molecule has 5 aromatic carbocycles. The third kappa shape index (κ3) is 5.16. The Bertz CT molecular complexity index is 1950. The Labute approximate surface area is 243 Å². The number of halogens is 2. The highest BCUT2D eigenvalue weighted by molar-refractivity contribution is 6.30. The number of hydrogen-bond donors (Lipinski definition) is 1. The highest BCUT2D eigenvalue weighted by atomic mass is 35.5. The van der Waals surface area contributed by atoms with Crippen LogP contribution in [0.3, 0.4) is 0 Å². The molecule has 0 saturated carbocycles. The number of hydrogen-bond acceptors (Lipinski definition) is 2. The maximum absolute atomic E-state index is 13.6. The summed E-state index contributed by atoms with van der Waals surface area (Å²) >= 11 is 6.06. The van der Waals surface area contributed by atoms with Gasteiger partial charge in [0.2, 0.25) is 0 Å². The summed E-state index contributed by atoms with van der Waals surface area (Å²) in [5, 5.41) is 15.1. The standard InChI is InChI=1S/C26H22ClF.C10H7NO2/c1-26(2)15-19(17-9-12-24(28)23(27)14-17)13-18-8-10-21-20-6-4-3-5-16(20)7-11-22(21)25(18)26;12-10(13)8-3-4-9-7(6-8)2-1-5-11-9/h3-12,14,19H,13,15H2,1-2H3;1-6H,(H,12,13). The Morgan fingerprint density at radius 3 is 2.46 bits per heavy atom. The van der Waals surface area contributed by atoms with Gasteiger partial charge in [-0.05, 0) is 98.8 Å². The minimum absolute atomic E-state index is 0.0288. The van der Waals surface area contributed by atoms with Crippen molar-refractivity contribution < 1.29 is 14.3 Å². The van der Waals surface area contributed by atoms with E-state index in [1.807, 2.05) is 12.1 Å². The van der Waals surface area contributed by atoms with Crippen LogP contribution in [0.5, 0.6) is 0 Å². The van der Waals surface area contributed by atoms with E-state index in [4.69, 9.17) is 16.7 Å². The average Bonchev–Trinajstić information content (AvgIpc) is 2.97. The largest absolute Gasteiger partial charge is 0.478 e. The molecule has 0 spiro atoms. The minimum atomic E-state index is -0.911. The van der Waals surface area contributed by atoms with Gasteiger partial charge in [0, 0.05) is 11.6 Å². The predicted octanol–water partition coefficient (Wildman–Crippen LogP) is 9.73. The van der Waals surface area contributed by atoms with E-state index < -0.39 is 5.97 Å². The molecule has 0 bridgehead atoms. The van der Waals surface area contributed by atoms with Crippen molar-refractivity contribution in [2.45, 2.75) is 38.0 Å². The Morgan fingerprint density at radius 1 is 0.878 bits per heavy atom. The van der Waals surface area contributed by atoms with Crippen molar-refractivity contribution in [1.29, 1.82) is 0 Å². The van der Waals surface area contributed by atoms with Crippen LogP contribution in [0.15, 0.2) is 103 Å². The van der Waals surface area contributed by atoms with Gasteiger partial charge in [0.25, 0.3) is 0 Å². The maximum atomic E-state index is 13.6. The van der Waals surface area contributed by atoms with Crippen LogP contribution in [0.25, 0.3) is 32.4 Å². The van der Waals surface area contributed by atoms with Crippen LogP contribution in [0.2, 0.25) is 5.02 Å². The van der Waals surface area contributed by atoms with E-state index in [1.165, 1.54) is 38.7 Å². The molecule has 1 unspecified atom stereocenters. The second-order valence-electron chi connectivity index (χ2n) is 11.4. The summed E-state index contributed by atoms with van der Waals surface area (Å²) in [4.78, 5) is 14.7. The lowest BCUT2D eigenvalue weighted by Crippen LogP contribution is -2.29. The molecule has 1 aliphatic rings. The van der Waals surface area contributed by atoms with E-state index in [-0.39, 0.29) is 16.3 Å². The first-order chi connectivity index (χ1) is 19.7. The summed E-state index contributed by atoms with van der Waals surface area (Å²) in [6.07, 6.45) is 3.67. The van der Waals surface area contributed by atoms with Gasteiger partial charge in [-0.2, -0.15) is 0 Å². The fourth-order valence-corrected chi connectivity index (χ4v) is 6.56. The summed E-state index contributed by atoms with van der Waals surface area (Å²) in [5.41, 5.74) is 5.11. The van der Waals surface area contributed by atoms with Crippen LogP contribution in [-0.4, -0.2) is 16.1 Å². The van der Waals surface area contributed by atoms with Gasteiger partial charge in [0.1, 0.15) is 5.82 Å². The maximum Gasteiger partial charge on any atom is 0.335 e. The lowest BCUT2D eigenvalue weighted by atomic mass is 9.65. The van der Waals surface area contributed by atoms with Crippen LogP contribution in [-0.2, 0) is 11.8 Å². The SMILES string of the molecule is CC1(C)CC(c2ccc(F)c(Cl)c2)Cc2ccc3c(ccc4ccccc43)c21.O=C(O)c1ccc2ncccc2c1. The molecule has 0 radical (unpaired) electrons. The molecule has 0 aliphatic heterocycles. The zero-order chi connectivity index (χ0) is 28.7. The smallest absolute Gasteiger partial charge is 0.335 e. The van der Waals surface area contributed by atoms with Crippen molar-refractivity contribution in [3.05, 3.63) is 136 Å². The molecule has 0 fully saturated rings. The van der Waals surface area contributed by atoms with Crippen LogP contribution in [0.1, 0.15) is 53.2 Å². The third-order valence-corrected chi connectivity index (χ3v) is 8.47. The zero-order valence-corrected chi connectivity index (χ0v) is 23.6. The summed E-state index contributed by atoms with van der Waals surface area (Å²) < 4.78 is 13.6. The number of carbonyl (C=O) groups is 1. The number of pyridine rings is 1. The zero-order valence-electron chi connectivity index (χ0n) is 22.9. The molecule has 7 rings (SSSR count). The van der Waals surface area contributed by atoms with E-state index in [0.717, 1.165) is 29.3 Å². The Morgan fingerprint density at radius 2 is 1.66 bits per heavy atom. The molecule has 0 saturated heterocycles. The fraction of sp³-hybridized carbons (Fsp3) is 0.167. The Balaban J connectivity index is 0.000000195. The van der Waals surface area contributed by atoms with Gasteiger partial charge in [0.15, 0.2) is 0 Å². The lowest BCUT2D eigenvalue weighted by Gasteiger charge is -2.39. The van der Waals surface area contributed by atoms with Gasteiger partial charge >= 0.3 is 5.97 Å². The summed E-state index contributed by atoms with van der Waals surface area (Å²) in [5.74, 6) is -0.914. The van der Waals surface area contributed by atoms with E-state index in [2.05, 4.69) is 67.4 Å². The highest BCUT2D eigenvalue weighted by Gasteiger charge is 2.35. The molecule has 0 amide bonds. The van der Waals surface area contributed by atoms with Crippen LogP contribution in [0.4, 0.5) is 4.39 Å². The lowest BCUT2D eigenvalue weighted by molar-refractivity contribution is 0.0697. The van der Waals surface area contributed by atoms with E-state index in [9.17, 15) is 9.18 Å². The number of benzene rings is 5. The number of aromatic carboxylic acids is 1. The first-order valence-corrected chi connectivity index (χ1v) is 14.1. The average molecular weight is 562 g/mol. The van der Waals surface area contributed by atoms with E-state index in [0.29, 0.717) is 11.5 Å². The van der Waals surface area contributed by atoms with Crippen molar-refractivity contribution in [3.63, 3.8) is 0 Å². The molecular formula is C36H29ClFNO2. The first-order valence-electron chi connectivity index (χ1n) is 13.7. The van der Waals surface area contributed by atoms with Crippen LogP contribution >= 0.6 is 11.6 Å². The third-order valence-electron chi connectivity index (χ3n) is 8.18. The molecule has 1 aliphatic carbocycles. The number of carboxylic acids is 1. The Hall–Kier alpha value is -4.28. The highest BCUT2D eigenvalue weighted by Crippen LogP contribution is 2.47. The summed E-state index contributed by atoms with van der Waals surface area (Å²) in [6.45, 7) is 4.66. The van der Waals surface area contributed by atoms with Gasteiger partial charge in [-0.25, -0.2) is 9.18 Å². The molecule has 6 aromatic rings. The Kier molecular flexibility index (Phi) is 6.96. The molecule has 1 heterocycles. The van der Waals surface area contributed by atoms with Crippen molar-refractivity contribution in [2.75, 3.05) is 0 Å². The molecular weight excluding hydrogens is 533 g/mol. The number of fused-ring (bicyclic) bond motifs is 6. The molecule has 1 N–H and O–H groups in total. The molecule has 1 atom stereocenters. The van der Waals surface area contributed by atoms with Crippen LogP contribution < -0.4 is 0 Å². The topological polar surface area (TPSA) is 50.2 Å². The molecule has 5 heteroatoms. The number of rotatable bonds is 2.